The molecule has 0 unspecified atom stereocenters. The molecular formula is C13H9BrN4O2. The van der Waals surface area contributed by atoms with Crippen LogP contribution in [0.4, 0.5) is 22.7 Å². The van der Waals surface area contributed by atoms with Gasteiger partial charge in [-0.3, -0.25) is 10.1 Å². The second kappa shape index (κ2) is 5.59. The van der Waals surface area contributed by atoms with Gasteiger partial charge in [-0.2, -0.15) is 5.26 Å². The maximum Gasteiger partial charge on any atom is 0.271 e. The van der Waals surface area contributed by atoms with E-state index in [9.17, 15) is 10.1 Å². The Morgan fingerprint density at radius 3 is 2.50 bits per heavy atom. The Labute approximate surface area is 123 Å². The van der Waals surface area contributed by atoms with Crippen LogP contribution in [-0.4, -0.2) is 4.92 Å². The molecule has 0 atom stereocenters. The third-order valence-electron chi connectivity index (χ3n) is 2.61. The van der Waals surface area contributed by atoms with Crippen molar-refractivity contribution in [2.45, 2.75) is 0 Å². The van der Waals surface area contributed by atoms with Crippen molar-refractivity contribution in [2.75, 3.05) is 11.1 Å². The number of nitrogens with zero attached hydrogens (tertiary/aromatic N) is 2. The first kappa shape index (κ1) is 13.8. The van der Waals surface area contributed by atoms with E-state index in [-0.39, 0.29) is 11.4 Å². The Bertz CT molecular complexity index is 725. The third kappa shape index (κ3) is 2.87. The first-order chi connectivity index (χ1) is 9.51. The topological polar surface area (TPSA) is 105 Å². The zero-order valence-electron chi connectivity index (χ0n) is 10.1. The molecule has 2 aromatic carbocycles. The van der Waals surface area contributed by atoms with Crippen LogP contribution < -0.4 is 11.1 Å². The molecule has 0 aliphatic rings. The van der Waals surface area contributed by atoms with Crippen LogP contribution in [0.25, 0.3) is 0 Å². The molecular weight excluding hydrogens is 324 g/mol. The molecule has 100 valence electrons. The van der Waals surface area contributed by atoms with Crippen molar-refractivity contribution < 1.29 is 4.92 Å². The normalized spacial score (nSPS) is 9.80. The van der Waals surface area contributed by atoms with Crippen molar-refractivity contribution in [1.29, 1.82) is 5.26 Å². The average Bonchev–Trinajstić information content (AvgIpc) is 2.42. The summed E-state index contributed by atoms with van der Waals surface area (Å²) >= 11 is 3.35. The van der Waals surface area contributed by atoms with Crippen LogP contribution in [0.3, 0.4) is 0 Å². The van der Waals surface area contributed by atoms with Gasteiger partial charge in [-0.1, -0.05) is 0 Å². The zero-order valence-corrected chi connectivity index (χ0v) is 11.7. The Hall–Kier alpha value is -2.59. The smallest absolute Gasteiger partial charge is 0.271 e. The van der Waals surface area contributed by atoms with Gasteiger partial charge in [0.05, 0.1) is 33.6 Å². The van der Waals surface area contributed by atoms with Crippen molar-refractivity contribution in [3.05, 3.63) is 56.5 Å². The minimum absolute atomic E-state index is 0.0630. The Kier molecular flexibility index (Phi) is 3.86. The van der Waals surface area contributed by atoms with E-state index in [1.165, 1.54) is 18.2 Å². The van der Waals surface area contributed by atoms with Gasteiger partial charge < -0.3 is 11.1 Å². The van der Waals surface area contributed by atoms with Gasteiger partial charge in [-0.05, 0) is 40.2 Å². The molecule has 0 aliphatic heterocycles. The molecule has 3 N–H and O–H groups in total. The van der Waals surface area contributed by atoms with E-state index in [0.29, 0.717) is 21.4 Å². The lowest BCUT2D eigenvalue weighted by molar-refractivity contribution is -0.384. The van der Waals surface area contributed by atoms with Gasteiger partial charge in [0.25, 0.3) is 5.69 Å². The number of nitro groups is 1. The first-order valence-electron chi connectivity index (χ1n) is 5.52. The molecule has 0 saturated carbocycles. The van der Waals surface area contributed by atoms with E-state index in [1.54, 1.807) is 18.2 Å². The number of nitrogens with one attached hydrogen (secondary N) is 1. The standard InChI is InChI=1S/C13H9BrN4O2/c14-10-5-8(7-15)1-3-12(10)17-13-4-2-9(18(19)20)6-11(13)16/h1-6,17H,16H2. The molecule has 0 radical (unpaired) electrons. The lowest BCUT2D eigenvalue weighted by Gasteiger charge is -2.11. The van der Waals surface area contributed by atoms with Crippen LogP contribution >= 0.6 is 15.9 Å². The zero-order chi connectivity index (χ0) is 14.7. The summed E-state index contributed by atoms with van der Waals surface area (Å²) in [5, 5.41) is 22.5. The second-order valence-electron chi connectivity index (χ2n) is 3.96. The number of hydrogen-bond acceptors (Lipinski definition) is 5. The highest BCUT2D eigenvalue weighted by atomic mass is 79.9. The highest BCUT2D eigenvalue weighted by Gasteiger charge is 2.10. The maximum absolute atomic E-state index is 10.6. The number of hydrogen-bond donors (Lipinski definition) is 2. The number of benzene rings is 2. The fraction of sp³-hybridized carbons (Fsp3) is 0. The van der Waals surface area contributed by atoms with E-state index in [2.05, 4.69) is 21.2 Å². The van der Waals surface area contributed by atoms with Crippen LogP contribution in [0.5, 0.6) is 0 Å². The van der Waals surface area contributed by atoms with E-state index < -0.39 is 4.92 Å². The number of non-ortho nitro benzene ring substituents is 1. The number of nitrogens with two attached hydrogens (primary N) is 1. The minimum atomic E-state index is -0.502. The molecule has 0 spiro atoms. The number of nitrogen functional groups attached to an aromatic ring is 1. The number of anilines is 3. The summed E-state index contributed by atoms with van der Waals surface area (Å²) in [6, 6.07) is 11.3. The molecule has 0 amide bonds. The van der Waals surface area contributed by atoms with Crippen LogP contribution in [0.2, 0.25) is 0 Å². The summed E-state index contributed by atoms with van der Waals surface area (Å²) in [5.41, 5.74) is 7.79. The predicted molar refractivity (Wildman–Crippen MR) is 79.6 cm³/mol. The van der Waals surface area contributed by atoms with Crippen molar-refractivity contribution in [1.82, 2.24) is 0 Å². The summed E-state index contributed by atoms with van der Waals surface area (Å²) < 4.78 is 0.703. The summed E-state index contributed by atoms with van der Waals surface area (Å²) in [4.78, 5) is 10.1. The van der Waals surface area contributed by atoms with Crippen molar-refractivity contribution in [3.63, 3.8) is 0 Å². The third-order valence-corrected chi connectivity index (χ3v) is 3.27. The minimum Gasteiger partial charge on any atom is -0.397 e. The fourth-order valence-corrected chi connectivity index (χ4v) is 2.09. The van der Waals surface area contributed by atoms with Gasteiger partial charge in [0.2, 0.25) is 0 Å². The van der Waals surface area contributed by atoms with Crippen molar-refractivity contribution in [2.24, 2.45) is 0 Å². The van der Waals surface area contributed by atoms with Gasteiger partial charge in [-0.25, -0.2) is 0 Å². The van der Waals surface area contributed by atoms with Crippen LogP contribution in [0, 0.1) is 21.4 Å². The highest BCUT2D eigenvalue weighted by Crippen LogP contribution is 2.31. The Balaban J connectivity index is 2.31. The Morgan fingerprint density at radius 2 is 1.95 bits per heavy atom. The van der Waals surface area contributed by atoms with Gasteiger partial charge in [0.15, 0.2) is 0 Å². The van der Waals surface area contributed by atoms with Gasteiger partial charge in [-0.15, -0.1) is 0 Å². The van der Waals surface area contributed by atoms with Gasteiger partial charge in [0.1, 0.15) is 0 Å². The van der Waals surface area contributed by atoms with Crippen LogP contribution in [0.1, 0.15) is 5.56 Å². The summed E-state index contributed by atoms with van der Waals surface area (Å²) in [7, 11) is 0. The number of nitriles is 1. The highest BCUT2D eigenvalue weighted by molar-refractivity contribution is 9.10. The van der Waals surface area contributed by atoms with Crippen LogP contribution in [0.15, 0.2) is 40.9 Å². The first-order valence-corrected chi connectivity index (χ1v) is 6.31. The van der Waals surface area contributed by atoms with Crippen LogP contribution in [-0.2, 0) is 0 Å². The van der Waals surface area contributed by atoms with Gasteiger partial charge >= 0.3 is 0 Å². The average molecular weight is 333 g/mol. The van der Waals surface area contributed by atoms with Gasteiger partial charge in [0, 0.05) is 16.6 Å². The quantitative estimate of drug-likeness (QED) is 0.508. The molecule has 0 aliphatic carbocycles. The molecule has 2 aromatic rings. The van der Waals surface area contributed by atoms with E-state index in [1.807, 2.05) is 6.07 Å². The second-order valence-corrected chi connectivity index (χ2v) is 4.81. The summed E-state index contributed by atoms with van der Waals surface area (Å²) in [5.74, 6) is 0. The fourth-order valence-electron chi connectivity index (χ4n) is 1.61. The maximum atomic E-state index is 10.6. The number of halogens is 1. The Morgan fingerprint density at radius 1 is 1.25 bits per heavy atom. The molecule has 0 heterocycles. The molecule has 0 aromatic heterocycles. The largest absolute Gasteiger partial charge is 0.397 e. The van der Waals surface area contributed by atoms with E-state index in [0.717, 1.165) is 0 Å². The molecule has 20 heavy (non-hydrogen) atoms. The van der Waals surface area contributed by atoms with Crippen molar-refractivity contribution >= 4 is 38.7 Å². The summed E-state index contributed by atoms with van der Waals surface area (Å²) in [6.45, 7) is 0. The lowest BCUT2D eigenvalue weighted by Crippen LogP contribution is -1.98. The molecule has 7 heteroatoms. The van der Waals surface area contributed by atoms with Crippen molar-refractivity contribution in [3.8, 4) is 6.07 Å². The van der Waals surface area contributed by atoms with E-state index >= 15 is 0 Å². The monoisotopic (exact) mass is 332 g/mol. The number of nitro benzene ring substituents is 1. The van der Waals surface area contributed by atoms with E-state index in [4.69, 9.17) is 11.0 Å². The molecule has 0 fully saturated rings. The predicted octanol–water partition coefficient (Wildman–Crippen LogP) is 3.55. The molecule has 0 bridgehead atoms. The SMILES string of the molecule is N#Cc1ccc(Nc2ccc([N+](=O)[O-])cc2N)c(Br)c1. The summed E-state index contributed by atoms with van der Waals surface area (Å²) in [6.07, 6.45) is 0. The lowest BCUT2D eigenvalue weighted by atomic mass is 10.2. The number of rotatable bonds is 3. The molecule has 0 saturated heterocycles. The molecule has 6 nitrogen and oxygen atoms in total. The molecule has 2 rings (SSSR count).